The molecule has 0 spiro atoms. The molecule has 0 atom stereocenters. The minimum Gasteiger partial charge on any atom is -0.326 e. The molecule has 6 heteroatoms. The van der Waals surface area contributed by atoms with Gasteiger partial charge in [-0.1, -0.05) is 6.07 Å². The summed E-state index contributed by atoms with van der Waals surface area (Å²) < 4.78 is 0. The van der Waals surface area contributed by atoms with Crippen LogP contribution >= 0.6 is 11.8 Å². The number of anilines is 2. The second-order valence-electron chi connectivity index (χ2n) is 5.53. The van der Waals surface area contributed by atoms with Crippen LogP contribution in [-0.4, -0.2) is 23.4 Å². The van der Waals surface area contributed by atoms with Gasteiger partial charge in [0.2, 0.25) is 11.8 Å². The van der Waals surface area contributed by atoms with E-state index < -0.39 is 0 Å². The van der Waals surface area contributed by atoms with Crippen molar-refractivity contribution in [2.75, 3.05) is 16.4 Å². The van der Waals surface area contributed by atoms with E-state index in [0.29, 0.717) is 17.0 Å². The summed E-state index contributed by atoms with van der Waals surface area (Å²) in [6, 6.07) is 12.4. The van der Waals surface area contributed by atoms with Crippen LogP contribution in [0.2, 0.25) is 0 Å². The number of rotatable bonds is 4. The third kappa shape index (κ3) is 3.83. The Kier molecular flexibility index (Phi) is 4.66. The lowest BCUT2D eigenvalue weighted by Crippen LogP contribution is -2.19. The average Bonchev–Trinajstić information content (AvgIpc) is 2.54. The number of Topliss-reactive ketones (excluding diaryl/α,β-unsaturated/α-hetero) is 1. The highest BCUT2D eigenvalue weighted by molar-refractivity contribution is 8.00. The van der Waals surface area contributed by atoms with Gasteiger partial charge in [0.1, 0.15) is 0 Å². The van der Waals surface area contributed by atoms with Crippen LogP contribution in [-0.2, 0) is 16.0 Å². The van der Waals surface area contributed by atoms with Gasteiger partial charge >= 0.3 is 0 Å². The summed E-state index contributed by atoms with van der Waals surface area (Å²) in [7, 11) is 0. The van der Waals surface area contributed by atoms with E-state index >= 15 is 0 Å². The van der Waals surface area contributed by atoms with Crippen LogP contribution in [0.4, 0.5) is 11.4 Å². The molecule has 2 aromatic rings. The fourth-order valence-electron chi connectivity index (χ4n) is 2.42. The van der Waals surface area contributed by atoms with Crippen LogP contribution in [0.5, 0.6) is 0 Å². The van der Waals surface area contributed by atoms with Crippen LogP contribution in [0.1, 0.15) is 22.8 Å². The molecular weight excluding hydrogens is 324 g/mol. The number of fused-ring (bicyclic) bond motifs is 1. The molecule has 1 aliphatic heterocycles. The normalized spacial score (nSPS) is 13.0. The van der Waals surface area contributed by atoms with E-state index in [0.717, 1.165) is 16.1 Å². The van der Waals surface area contributed by atoms with Crippen molar-refractivity contribution >= 4 is 40.7 Å². The van der Waals surface area contributed by atoms with Gasteiger partial charge < -0.3 is 10.6 Å². The molecule has 0 radical (unpaired) electrons. The summed E-state index contributed by atoms with van der Waals surface area (Å²) in [6.07, 6.45) is 0.211. The SMILES string of the molecule is CC(=O)c1ccc(NC(=O)Cc2ccc3c(c2)NC(=O)CS3)cc1. The first kappa shape index (κ1) is 16.3. The lowest BCUT2D eigenvalue weighted by atomic mass is 10.1. The van der Waals surface area contributed by atoms with Crippen molar-refractivity contribution < 1.29 is 14.4 Å². The predicted octanol–water partition coefficient (Wildman–Crippen LogP) is 3.11. The molecule has 0 aromatic heterocycles. The summed E-state index contributed by atoms with van der Waals surface area (Å²) in [5.41, 5.74) is 2.84. The molecule has 1 heterocycles. The van der Waals surface area contributed by atoms with E-state index in [-0.39, 0.29) is 24.0 Å². The molecule has 0 saturated heterocycles. The minimum absolute atomic E-state index is 0.0122. The van der Waals surface area contributed by atoms with Gasteiger partial charge in [0.25, 0.3) is 0 Å². The van der Waals surface area contributed by atoms with Gasteiger partial charge in [0, 0.05) is 16.1 Å². The van der Waals surface area contributed by atoms with Crippen molar-refractivity contribution in [3.8, 4) is 0 Å². The van der Waals surface area contributed by atoms with Crippen LogP contribution in [0.15, 0.2) is 47.4 Å². The summed E-state index contributed by atoms with van der Waals surface area (Å²) in [4.78, 5) is 35.9. The van der Waals surface area contributed by atoms with E-state index in [2.05, 4.69) is 10.6 Å². The highest BCUT2D eigenvalue weighted by Crippen LogP contribution is 2.32. The molecule has 0 unspecified atom stereocenters. The number of benzene rings is 2. The number of ketones is 1. The number of nitrogens with one attached hydrogen (secondary N) is 2. The number of hydrogen-bond acceptors (Lipinski definition) is 4. The topological polar surface area (TPSA) is 75.3 Å². The van der Waals surface area contributed by atoms with Gasteiger partial charge in [-0.05, 0) is 48.9 Å². The predicted molar refractivity (Wildman–Crippen MR) is 94.6 cm³/mol. The van der Waals surface area contributed by atoms with Crippen LogP contribution < -0.4 is 10.6 Å². The molecule has 24 heavy (non-hydrogen) atoms. The molecule has 3 rings (SSSR count). The van der Waals surface area contributed by atoms with Crippen LogP contribution in [0.25, 0.3) is 0 Å². The Morgan fingerprint density at radius 3 is 2.62 bits per heavy atom. The molecule has 0 aliphatic carbocycles. The average molecular weight is 340 g/mol. The van der Waals surface area contributed by atoms with E-state index in [1.165, 1.54) is 18.7 Å². The quantitative estimate of drug-likeness (QED) is 0.839. The maximum absolute atomic E-state index is 12.2. The van der Waals surface area contributed by atoms with Gasteiger partial charge in [0.05, 0.1) is 17.9 Å². The standard InChI is InChI=1S/C18H16N2O3S/c1-11(21)13-3-5-14(6-4-13)19-17(22)9-12-2-7-16-15(8-12)20-18(23)10-24-16/h2-8H,9-10H2,1H3,(H,19,22)(H,20,23). The maximum Gasteiger partial charge on any atom is 0.234 e. The highest BCUT2D eigenvalue weighted by atomic mass is 32.2. The van der Waals surface area contributed by atoms with Crippen LogP contribution in [0, 0.1) is 0 Å². The van der Waals surface area contributed by atoms with Crippen molar-refractivity contribution in [2.45, 2.75) is 18.2 Å². The lowest BCUT2D eigenvalue weighted by molar-refractivity contribution is -0.115. The smallest absolute Gasteiger partial charge is 0.234 e. The first-order chi connectivity index (χ1) is 11.5. The van der Waals surface area contributed by atoms with Gasteiger partial charge in [-0.3, -0.25) is 14.4 Å². The molecule has 2 amide bonds. The number of hydrogen-bond donors (Lipinski definition) is 2. The monoisotopic (exact) mass is 340 g/mol. The molecule has 0 bridgehead atoms. The zero-order valence-corrected chi connectivity index (χ0v) is 13.9. The van der Waals surface area contributed by atoms with Gasteiger partial charge in [0.15, 0.2) is 5.78 Å². The highest BCUT2D eigenvalue weighted by Gasteiger charge is 2.16. The van der Waals surface area contributed by atoms with Gasteiger partial charge in [-0.25, -0.2) is 0 Å². The summed E-state index contributed by atoms with van der Waals surface area (Å²) >= 11 is 1.49. The van der Waals surface area contributed by atoms with E-state index in [9.17, 15) is 14.4 Å². The Morgan fingerprint density at radius 2 is 1.92 bits per heavy atom. The Hall–Kier alpha value is -2.60. The fourth-order valence-corrected chi connectivity index (χ4v) is 3.21. The molecule has 0 saturated carbocycles. The Labute approximate surface area is 143 Å². The fraction of sp³-hybridized carbons (Fsp3) is 0.167. The largest absolute Gasteiger partial charge is 0.326 e. The second kappa shape index (κ2) is 6.88. The Bertz CT molecular complexity index is 816. The minimum atomic E-state index is -0.152. The molecule has 0 fully saturated rings. The van der Waals surface area contributed by atoms with Crippen molar-refractivity contribution in [3.05, 3.63) is 53.6 Å². The molecule has 2 aromatic carbocycles. The van der Waals surface area contributed by atoms with E-state index in [1.54, 1.807) is 24.3 Å². The molecule has 1 aliphatic rings. The molecular formula is C18H16N2O3S. The first-order valence-electron chi connectivity index (χ1n) is 7.48. The van der Waals surface area contributed by atoms with Gasteiger partial charge in [-0.15, -0.1) is 11.8 Å². The number of thioether (sulfide) groups is 1. The Balaban J connectivity index is 1.65. The lowest BCUT2D eigenvalue weighted by Gasteiger charge is -2.17. The number of amides is 2. The maximum atomic E-state index is 12.2. The number of carbonyl (C=O) groups excluding carboxylic acids is 3. The molecule has 122 valence electrons. The first-order valence-corrected chi connectivity index (χ1v) is 8.46. The van der Waals surface area contributed by atoms with Crippen LogP contribution in [0.3, 0.4) is 0 Å². The van der Waals surface area contributed by atoms with Crippen molar-refractivity contribution in [1.29, 1.82) is 0 Å². The van der Waals surface area contributed by atoms with Crippen molar-refractivity contribution in [1.82, 2.24) is 0 Å². The zero-order valence-electron chi connectivity index (χ0n) is 13.1. The third-order valence-corrected chi connectivity index (χ3v) is 4.69. The summed E-state index contributed by atoms with van der Waals surface area (Å²) in [5.74, 6) is 0.227. The number of carbonyl (C=O) groups is 3. The molecule has 2 N–H and O–H groups in total. The summed E-state index contributed by atoms with van der Waals surface area (Å²) in [5, 5.41) is 5.62. The van der Waals surface area contributed by atoms with Crippen molar-refractivity contribution in [3.63, 3.8) is 0 Å². The van der Waals surface area contributed by atoms with E-state index in [4.69, 9.17) is 0 Å². The Morgan fingerprint density at radius 1 is 1.17 bits per heavy atom. The summed E-state index contributed by atoms with van der Waals surface area (Å²) in [6.45, 7) is 1.50. The zero-order chi connectivity index (χ0) is 17.1. The molecule has 5 nitrogen and oxygen atoms in total. The van der Waals surface area contributed by atoms with E-state index in [1.807, 2.05) is 18.2 Å². The van der Waals surface area contributed by atoms with Gasteiger partial charge in [-0.2, -0.15) is 0 Å². The second-order valence-corrected chi connectivity index (χ2v) is 6.54. The van der Waals surface area contributed by atoms with Crippen molar-refractivity contribution in [2.24, 2.45) is 0 Å². The third-order valence-electron chi connectivity index (χ3n) is 3.62.